The fourth-order valence-corrected chi connectivity index (χ4v) is 5.58. The van der Waals surface area contributed by atoms with Gasteiger partial charge in [0.15, 0.2) is 0 Å². The maximum atomic E-state index is 13.1. The summed E-state index contributed by atoms with van der Waals surface area (Å²) in [6.45, 7) is 1.01. The predicted octanol–water partition coefficient (Wildman–Crippen LogP) is 0.909. The summed E-state index contributed by atoms with van der Waals surface area (Å²) in [7, 11) is 2.80. The molecule has 9 nitrogen and oxygen atoms in total. The third kappa shape index (κ3) is 3.53. The van der Waals surface area contributed by atoms with Crippen LogP contribution in [0.25, 0.3) is 0 Å². The van der Waals surface area contributed by atoms with Gasteiger partial charge < -0.3 is 19.5 Å². The first-order valence-electron chi connectivity index (χ1n) is 8.62. The van der Waals surface area contributed by atoms with Crippen LogP contribution in [0.1, 0.15) is 11.8 Å². The summed E-state index contributed by atoms with van der Waals surface area (Å²) in [6.07, 6.45) is 0.114. The fourth-order valence-electron chi connectivity index (χ4n) is 3.37. The number of carbonyl (C=O) groups excluding carboxylic acids is 3. The number of aliphatic carboxylic acids is 1. The van der Waals surface area contributed by atoms with E-state index in [4.69, 9.17) is 9.47 Å². The van der Waals surface area contributed by atoms with Gasteiger partial charge in [0.25, 0.3) is 11.6 Å². The summed E-state index contributed by atoms with van der Waals surface area (Å²) in [4.78, 5) is 52.0. The van der Waals surface area contributed by atoms with Crippen molar-refractivity contribution in [2.45, 2.75) is 24.4 Å². The largest absolute Gasteiger partial charge is 0.477 e. The number of amides is 2. The standard InChI is InChI=1S/C18H20N2O7S2/c1-10(21)27-8-11-9-29-17-18(26-3,16(25)20(17)14(11)15(23)24)19(2)13(22)7-12-5-4-6-28-12/h4-6,17H,7-9H2,1-3H3,(H,23,24)/t17?,18-/m0/s1. The van der Waals surface area contributed by atoms with Crippen LogP contribution < -0.4 is 0 Å². The Morgan fingerprint density at radius 3 is 2.69 bits per heavy atom. The maximum absolute atomic E-state index is 13.1. The van der Waals surface area contributed by atoms with Crippen LogP contribution in [0.15, 0.2) is 28.8 Å². The number of carboxylic acids is 1. The Labute approximate surface area is 175 Å². The van der Waals surface area contributed by atoms with Gasteiger partial charge in [0.1, 0.15) is 17.7 Å². The van der Waals surface area contributed by atoms with Crippen molar-refractivity contribution >= 4 is 46.9 Å². The number of β-lactam (4-membered cyclic amide) rings is 1. The minimum Gasteiger partial charge on any atom is -0.477 e. The first-order chi connectivity index (χ1) is 13.7. The zero-order valence-corrected chi connectivity index (χ0v) is 17.7. The number of carboxylic acid groups (broad SMARTS) is 1. The SMILES string of the molecule is CO[C@@]1(N(C)C(=O)Cc2cccs2)C(=O)N2C(C(=O)O)=C(COC(C)=O)CSC21. The number of esters is 1. The average Bonchev–Trinajstić information content (AvgIpc) is 3.18. The quantitative estimate of drug-likeness (QED) is 0.378. The van der Waals surface area contributed by atoms with Crippen molar-refractivity contribution in [2.24, 2.45) is 0 Å². The number of thioether (sulfide) groups is 1. The van der Waals surface area contributed by atoms with Crippen LogP contribution in [0.5, 0.6) is 0 Å². The highest BCUT2D eigenvalue weighted by molar-refractivity contribution is 8.00. The van der Waals surface area contributed by atoms with Crippen LogP contribution >= 0.6 is 23.1 Å². The molecule has 1 fully saturated rings. The van der Waals surface area contributed by atoms with Crippen molar-refractivity contribution < 1.29 is 33.8 Å². The molecule has 29 heavy (non-hydrogen) atoms. The highest BCUT2D eigenvalue weighted by Gasteiger charge is 2.68. The van der Waals surface area contributed by atoms with E-state index in [1.807, 2.05) is 17.5 Å². The molecule has 3 rings (SSSR count). The lowest BCUT2D eigenvalue weighted by molar-refractivity contribution is -0.219. The number of hydrogen-bond acceptors (Lipinski definition) is 8. The van der Waals surface area contributed by atoms with Crippen molar-refractivity contribution in [3.05, 3.63) is 33.7 Å². The summed E-state index contributed by atoms with van der Waals surface area (Å²) in [5.41, 5.74) is -1.50. The van der Waals surface area contributed by atoms with Crippen molar-refractivity contribution in [2.75, 3.05) is 26.5 Å². The lowest BCUT2D eigenvalue weighted by atomic mass is 9.96. The third-order valence-corrected chi connectivity index (χ3v) is 7.06. The molecule has 0 spiro atoms. The minimum atomic E-state index is -1.59. The number of rotatable bonds is 7. The Morgan fingerprint density at radius 1 is 1.41 bits per heavy atom. The molecule has 1 unspecified atom stereocenters. The summed E-state index contributed by atoms with van der Waals surface area (Å²) < 4.78 is 10.4. The molecule has 2 aliphatic rings. The third-order valence-electron chi connectivity index (χ3n) is 4.83. The van der Waals surface area contributed by atoms with Crippen LogP contribution in [0, 0.1) is 0 Å². The van der Waals surface area contributed by atoms with Gasteiger partial charge in [-0.2, -0.15) is 0 Å². The van der Waals surface area contributed by atoms with Crippen LogP contribution in [0.3, 0.4) is 0 Å². The fraction of sp³-hybridized carbons (Fsp3) is 0.444. The Bertz CT molecular complexity index is 883. The van der Waals surface area contributed by atoms with E-state index in [1.165, 1.54) is 49.1 Å². The molecule has 2 aliphatic heterocycles. The lowest BCUT2D eigenvalue weighted by Gasteiger charge is -2.58. The summed E-state index contributed by atoms with van der Waals surface area (Å²) in [5.74, 6) is -2.58. The molecule has 0 bridgehead atoms. The van der Waals surface area contributed by atoms with Gasteiger partial charge in [-0.25, -0.2) is 4.79 Å². The molecule has 2 atom stereocenters. The van der Waals surface area contributed by atoms with E-state index in [9.17, 15) is 24.3 Å². The zero-order valence-electron chi connectivity index (χ0n) is 16.0. The van der Waals surface area contributed by atoms with Crippen LogP contribution in [0.4, 0.5) is 0 Å². The predicted molar refractivity (Wildman–Crippen MR) is 105 cm³/mol. The van der Waals surface area contributed by atoms with Crippen molar-refractivity contribution in [3.63, 3.8) is 0 Å². The first kappa shape index (κ1) is 21.3. The summed E-state index contributed by atoms with van der Waals surface area (Å²) >= 11 is 2.69. The molecule has 0 radical (unpaired) electrons. The highest BCUT2D eigenvalue weighted by atomic mass is 32.2. The van der Waals surface area contributed by atoms with Gasteiger partial charge in [-0.05, 0) is 11.4 Å². The number of fused-ring (bicyclic) bond motifs is 1. The second kappa shape index (κ2) is 8.17. The Balaban J connectivity index is 1.87. The van der Waals surface area contributed by atoms with Gasteiger partial charge in [-0.3, -0.25) is 19.3 Å². The molecule has 0 aliphatic carbocycles. The van der Waals surface area contributed by atoms with E-state index in [0.717, 1.165) is 9.78 Å². The molecule has 11 heteroatoms. The normalized spacial score (nSPS) is 23.3. The minimum absolute atomic E-state index is 0.114. The van der Waals surface area contributed by atoms with E-state index in [1.54, 1.807) is 0 Å². The van der Waals surface area contributed by atoms with E-state index >= 15 is 0 Å². The number of methoxy groups -OCH3 is 1. The van der Waals surface area contributed by atoms with E-state index in [-0.39, 0.29) is 30.4 Å². The van der Waals surface area contributed by atoms with E-state index in [2.05, 4.69) is 0 Å². The monoisotopic (exact) mass is 440 g/mol. The first-order valence-corrected chi connectivity index (χ1v) is 10.5. The van der Waals surface area contributed by atoms with Crippen molar-refractivity contribution in [3.8, 4) is 0 Å². The zero-order chi connectivity index (χ0) is 21.3. The van der Waals surface area contributed by atoms with Gasteiger partial charge in [0.05, 0.1) is 6.42 Å². The smallest absolute Gasteiger partial charge is 0.352 e. The van der Waals surface area contributed by atoms with Crippen LogP contribution in [0.2, 0.25) is 0 Å². The second-order valence-electron chi connectivity index (χ2n) is 6.49. The molecule has 1 aromatic heterocycles. The van der Waals surface area contributed by atoms with E-state index < -0.39 is 28.9 Å². The van der Waals surface area contributed by atoms with E-state index in [0.29, 0.717) is 5.57 Å². The molecule has 1 saturated heterocycles. The van der Waals surface area contributed by atoms with Gasteiger partial charge in [-0.1, -0.05) is 6.07 Å². The Hall–Kier alpha value is -2.37. The highest BCUT2D eigenvalue weighted by Crippen LogP contribution is 2.49. The number of carbonyl (C=O) groups is 4. The van der Waals surface area contributed by atoms with Crippen molar-refractivity contribution in [1.82, 2.24) is 9.80 Å². The average molecular weight is 440 g/mol. The molecule has 2 amide bonds. The molecule has 0 aromatic carbocycles. The summed E-state index contributed by atoms with van der Waals surface area (Å²) in [6, 6.07) is 3.66. The number of hydrogen-bond donors (Lipinski definition) is 1. The molecule has 0 saturated carbocycles. The molecule has 1 N–H and O–H groups in total. The summed E-state index contributed by atoms with van der Waals surface area (Å²) in [5, 5.41) is 10.8. The molecular weight excluding hydrogens is 420 g/mol. The Kier molecular flexibility index (Phi) is 6.01. The van der Waals surface area contributed by atoms with Gasteiger partial charge in [-0.15, -0.1) is 23.1 Å². The molecular formula is C18H20N2O7S2. The van der Waals surface area contributed by atoms with Crippen LogP contribution in [-0.2, 0) is 35.1 Å². The number of thiophene rings is 1. The lowest BCUT2D eigenvalue weighted by Crippen LogP contribution is -2.80. The van der Waals surface area contributed by atoms with Crippen LogP contribution in [-0.4, -0.2) is 76.3 Å². The Morgan fingerprint density at radius 2 is 2.14 bits per heavy atom. The number of likely N-dealkylation sites (N-methyl/N-ethyl adjacent to an activating group) is 1. The number of ether oxygens (including phenoxy) is 2. The number of nitrogens with zero attached hydrogens (tertiary/aromatic N) is 2. The van der Waals surface area contributed by atoms with Crippen molar-refractivity contribution in [1.29, 1.82) is 0 Å². The van der Waals surface area contributed by atoms with Gasteiger partial charge >= 0.3 is 11.9 Å². The van der Waals surface area contributed by atoms with Gasteiger partial charge in [0, 0.05) is 37.3 Å². The molecule has 1 aromatic rings. The maximum Gasteiger partial charge on any atom is 0.352 e. The molecule has 3 heterocycles. The van der Waals surface area contributed by atoms with Gasteiger partial charge in [0.2, 0.25) is 5.91 Å². The molecule has 156 valence electrons. The topological polar surface area (TPSA) is 113 Å². The second-order valence-corrected chi connectivity index (χ2v) is 8.59.